The highest BCUT2D eigenvalue weighted by Gasteiger charge is 2.16. The molecule has 24 heavy (non-hydrogen) atoms. The van der Waals surface area contributed by atoms with Crippen LogP contribution in [0.1, 0.15) is 17.5 Å². The standard InChI is InChI=1S/C19H19FN2OS/c1-14-4-9-18(12-15(14)2)24-13-19(23)22(11-3-10-21)17-7-5-16(20)6-8-17/h4-9,12H,3,11,13H2,1-2H3. The first-order chi connectivity index (χ1) is 11.5. The number of nitriles is 1. The lowest BCUT2D eigenvalue weighted by Crippen LogP contribution is -2.33. The molecule has 2 aromatic carbocycles. The summed E-state index contributed by atoms with van der Waals surface area (Å²) in [6, 6.07) is 13.9. The molecule has 0 unspecified atom stereocenters. The first-order valence-corrected chi connectivity index (χ1v) is 8.63. The summed E-state index contributed by atoms with van der Waals surface area (Å²) in [6.45, 7) is 4.39. The number of benzene rings is 2. The largest absolute Gasteiger partial charge is 0.311 e. The molecule has 5 heteroatoms. The molecule has 0 aliphatic carbocycles. The predicted molar refractivity (Wildman–Crippen MR) is 95.6 cm³/mol. The Balaban J connectivity index is 2.08. The molecule has 0 fully saturated rings. The summed E-state index contributed by atoms with van der Waals surface area (Å²) in [5, 5.41) is 8.80. The number of halogens is 1. The molecule has 0 radical (unpaired) electrons. The highest BCUT2D eigenvalue weighted by atomic mass is 32.2. The number of carbonyl (C=O) groups excluding carboxylic acids is 1. The van der Waals surface area contributed by atoms with Gasteiger partial charge in [-0.25, -0.2) is 4.39 Å². The van der Waals surface area contributed by atoms with Gasteiger partial charge in [0.2, 0.25) is 5.91 Å². The van der Waals surface area contributed by atoms with Crippen molar-refractivity contribution in [3.8, 4) is 6.07 Å². The predicted octanol–water partition coefficient (Wildman–Crippen LogP) is 4.48. The topological polar surface area (TPSA) is 44.1 Å². The Morgan fingerprint density at radius 3 is 2.50 bits per heavy atom. The summed E-state index contributed by atoms with van der Waals surface area (Å²) < 4.78 is 13.1. The molecule has 0 N–H and O–H groups in total. The molecule has 1 amide bonds. The van der Waals surface area contributed by atoms with Crippen molar-refractivity contribution in [2.75, 3.05) is 17.2 Å². The van der Waals surface area contributed by atoms with Gasteiger partial charge in [0.1, 0.15) is 5.82 Å². The highest BCUT2D eigenvalue weighted by Crippen LogP contribution is 2.23. The summed E-state index contributed by atoms with van der Waals surface area (Å²) in [4.78, 5) is 15.1. The van der Waals surface area contributed by atoms with Gasteiger partial charge < -0.3 is 4.90 Å². The number of amides is 1. The molecule has 0 aliphatic heterocycles. The van der Waals surface area contributed by atoms with Crippen LogP contribution in [0.4, 0.5) is 10.1 Å². The van der Waals surface area contributed by atoms with Crippen molar-refractivity contribution in [3.05, 3.63) is 59.4 Å². The molecule has 0 spiro atoms. The Morgan fingerprint density at radius 2 is 1.88 bits per heavy atom. The van der Waals surface area contributed by atoms with Gasteiger partial charge >= 0.3 is 0 Å². The Morgan fingerprint density at radius 1 is 1.17 bits per heavy atom. The molecule has 124 valence electrons. The lowest BCUT2D eigenvalue weighted by Gasteiger charge is -2.21. The van der Waals surface area contributed by atoms with E-state index in [4.69, 9.17) is 5.26 Å². The number of hydrogen-bond donors (Lipinski definition) is 0. The van der Waals surface area contributed by atoms with Crippen LogP contribution >= 0.6 is 11.8 Å². The summed E-state index contributed by atoms with van der Waals surface area (Å²) in [6.07, 6.45) is 0.234. The Labute approximate surface area is 146 Å². The van der Waals surface area contributed by atoms with E-state index in [0.29, 0.717) is 12.2 Å². The van der Waals surface area contributed by atoms with E-state index < -0.39 is 0 Å². The van der Waals surface area contributed by atoms with Gasteiger partial charge in [-0.3, -0.25) is 4.79 Å². The maximum absolute atomic E-state index is 13.1. The van der Waals surface area contributed by atoms with Gasteiger partial charge in [0, 0.05) is 17.1 Å². The molecule has 0 saturated carbocycles. The fraction of sp³-hybridized carbons (Fsp3) is 0.263. The highest BCUT2D eigenvalue weighted by molar-refractivity contribution is 8.00. The van der Waals surface area contributed by atoms with Crippen molar-refractivity contribution in [1.82, 2.24) is 0 Å². The Kier molecular flexibility index (Phi) is 6.39. The van der Waals surface area contributed by atoms with Gasteiger partial charge in [-0.05, 0) is 61.4 Å². The Hall–Kier alpha value is -2.32. The maximum atomic E-state index is 13.1. The molecule has 0 heterocycles. The average molecular weight is 342 g/mol. The van der Waals surface area contributed by atoms with Crippen LogP contribution in [0.2, 0.25) is 0 Å². The van der Waals surface area contributed by atoms with Crippen LogP contribution in [-0.4, -0.2) is 18.2 Å². The fourth-order valence-corrected chi connectivity index (χ4v) is 3.08. The smallest absolute Gasteiger partial charge is 0.237 e. The lowest BCUT2D eigenvalue weighted by atomic mass is 10.1. The minimum absolute atomic E-state index is 0.0971. The molecule has 0 bridgehead atoms. The van der Waals surface area contributed by atoms with E-state index in [2.05, 4.69) is 6.07 Å². The fourth-order valence-electron chi connectivity index (χ4n) is 2.21. The van der Waals surface area contributed by atoms with Gasteiger partial charge in [-0.2, -0.15) is 5.26 Å². The van der Waals surface area contributed by atoms with Crippen molar-refractivity contribution in [2.45, 2.75) is 25.2 Å². The number of aryl methyl sites for hydroxylation is 2. The molecule has 2 aromatic rings. The van der Waals surface area contributed by atoms with Gasteiger partial charge in [-0.15, -0.1) is 11.8 Å². The summed E-state index contributed by atoms with van der Waals surface area (Å²) in [5.74, 6) is -0.179. The van der Waals surface area contributed by atoms with E-state index >= 15 is 0 Å². The molecule has 0 atom stereocenters. The first-order valence-electron chi connectivity index (χ1n) is 7.64. The van der Waals surface area contributed by atoms with Crippen LogP contribution in [0.25, 0.3) is 0 Å². The zero-order chi connectivity index (χ0) is 17.5. The van der Waals surface area contributed by atoms with E-state index in [-0.39, 0.29) is 23.9 Å². The van der Waals surface area contributed by atoms with Crippen molar-refractivity contribution < 1.29 is 9.18 Å². The quantitative estimate of drug-likeness (QED) is 0.727. The minimum atomic E-state index is -0.351. The van der Waals surface area contributed by atoms with E-state index in [9.17, 15) is 9.18 Å². The number of nitrogens with zero attached hydrogens (tertiary/aromatic N) is 2. The van der Waals surface area contributed by atoms with Crippen molar-refractivity contribution in [2.24, 2.45) is 0 Å². The van der Waals surface area contributed by atoms with Crippen LogP contribution in [0.5, 0.6) is 0 Å². The molecular formula is C19H19FN2OS. The second-order valence-electron chi connectivity index (χ2n) is 5.46. The number of thioether (sulfide) groups is 1. The lowest BCUT2D eigenvalue weighted by molar-refractivity contribution is -0.116. The summed E-state index contributed by atoms with van der Waals surface area (Å²) >= 11 is 1.46. The number of carbonyl (C=O) groups is 1. The van der Waals surface area contributed by atoms with Crippen molar-refractivity contribution >= 4 is 23.4 Å². The normalized spacial score (nSPS) is 10.2. The number of anilines is 1. The van der Waals surface area contributed by atoms with Gasteiger partial charge in [-0.1, -0.05) is 6.07 Å². The van der Waals surface area contributed by atoms with E-state index in [1.807, 2.05) is 32.0 Å². The monoisotopic (exact) mass is 342 g/mol. The molecular weight excluding hydrogens is 323 g/mol. The summed E-state index contributed by atoms with van der Waals surface area (Å²) in [7, 11) is 0. The molecule has 3 nitrogen and oxygen atoms in total. The van der Waals surface area contributed by atoms with E-state index in [0.717, 1.165) is 4.90 Å². The third-order valence-electron chi connectivity index (χ3n) is 3.73. The Bertz CT molecular complexity index is 753. The van der Waals surface area contributed by atoms with Crippen LogP contribution < -0.4 is 4.90 Å². The average Bonchev–Trinajstić information content (AvgIpc) is 2.57. The maximum Gasteiger partial charge on any atom is 0.237 e. The van der Waals surface area contributed by atoms with Gasteiger partial charge in [0.15, 0.2) is 0 Å². The van der Waals surface area contributed by atoms with Crippen LogP contribution in [-0.2, 0) is 4.79 Å². The second kappa shape index (κ2) is 8.51. The van der Waals surface area contributed by atoms with Crippen LogP contribution in [0.15, 0.2) is 47.4 Å². The second-order valence-corrected chi connectivity index (χ2v) is 6.51. The zero-order valence-electron chi connectivity index (χ0n) is 13.8. The van der Waals surface area contributed by atoms with Crippen LogP contribution in [0.3, 0.4) is 0 Å². The van der Waals surface area contributed by atoms with Crippen molar-refractivity contribution in [3.63, 3.8) is 0 Å². The van der Waals surface area contributed by atoms with Crippen molar-refractivity contribution in [1.29, 1.82) is 5.26 Å². The van der Waals surface area contributed by atoms with Crippen LogP contribution in [0, 0.1) is 31.0 Å². The first kappa shape index (κ1) is 18.0. The molecule has 0 aliphatic rings. The van der Waals surface area contributed by atoms with Gasteiger partial charge in [0.05, 0.1) is 18.2 Å². The third kappa shape index (κ3) is 4.84. The molecule has 0 aromatic heterocycles. The van der Waals surface area contributed by atoms with E-state index in [1.165, 1.54) is 39.9 Å². The zero-order valence-corrected chi connectivity index (χ0v) is 14.6. The minimum Gasteiger partial charge on any atom is -0.311 e. The SMILES string of the molecule is Cc1ccc(SCC(=O)N(CCC#N)c2ccc(F)cc2)cc1C. The summed E-state index contributed by atoms with van der Waals surface area (Å²) in [5.41, 5.74) is 3.01. The molecule has 0 saturated heterocycles. The number of hydrogen-bond acceptors (Lipinski definition) is 3. The molecule has 2 rings (SSSR count). The van der Waals surface area contributed by atoms with Gasteiger partial charge in [0.25, 0.3) is 0 Å². The third-order valence-corrected chi connectivity index (χ3v) is 4.71. The van der Waals surface area contributed by atoms with E-state index in [1.54, 1.807) is 12.1 Å². The number of rotatable bonds is 6.